The maximum absolute atomic E-state index is 2.22. The molecule has 0 saturated heterocycles. The van der Waals surface area contributed by atoms with Gasteiger partial charge in [0.2, 0.25) is 0 Å². The molecule has 0 aliphatic heterocycles. The zero-order valence-electron chi connectivity index (χ0n) is 6.04. The fourth-order valence-corrected chi connectivity index (χ4v) is 0.853. The van der Waals surface area contributed by atoms with E-state index in [2.05, 4.69) is 42.8 Å². The molecule has 0 N–H and O–H groups in total. The van der Waals surface area contributed by atoms with Gasteiger partial charge >= 0.3 is 0 Å². The van der Waals surface area contributed by atoms with Crippen LogP contribution in [-0.4, -0.2) is 11.3 Å². The van der Waals surface area contributed by atoms with Crippen LogP contribution >= 0.6 is 0 Å². The Labute approximate surface area is 56.8 Å². The van der Waals surface area contributed by atoms with Gasteiger partial charge in [-0.3, -0.25) is 0 Å². The molecule has 49 valence electrons. The Hall–Kier alpha value is -0.655. The lowest BCUT2D eigenvalue weighted by Crippen LogP contribution is -2.15. The van der Waals surface area contributed by atoms with Crippen molar-refractivity contribution in [2.45, 2.75) is 20.1 Å². The average molecular weight is 121 g/mol. The molecular formula is C7H12BN-. The summed E-state index contributed by atoms with van der Waals surface area (Å²) >= 11 is 0. The standard InChI is InChI=1S/C7H12BN/c1-3-8(2)9-6-4-5-7-9/h4-7H,3H2,1-2H3/q-1. The number of rotatable bonds is 2. The van der Waals surface area contributed by atoms with Crippen molar-refractivity contribution in [3.8, 4) is 0 Å². The van der Waals surface area contributed by atoms with E-state index in [1.807, 2.05) is 0 Å². The van der Waals surface area contributed by atoms with Crippen LogP contribution in [0.25, 0.3) is 0 Å². The van der Waals surface area contributed by atoms with E-state index >= 15 is 0 Å². The normalized spacial score (nSPS) is 10.6. The van der Waals surface area contributed by atoms with E-state index in [4.69, 9.17) is 0 Å². The van der Waals surface area contributed by atoms with Gasteiger partial charge in [0.25, 0.3) is 0 Å². The first-order valence-corrected chi connectivity index (χ1v) is 3.47. The summed E-state index contributed by atoms with van der Waals surface area (Å²) in [6.07, 6.45) is 5.41. The number of aromatic nitrogens is 1. The molecule has 1 heterocycles. The Bertz CT molecular complexity index is 157. The molecule has 0 unspecified atom stereocenters. The van der Waals surface area contributed by atoms with Crippen LogP contribution in [0.15, 0.2) is 24.5 Å². The third-order valence-electron chi connectivity index (χ3n) is 1.73. The molecule has 1 radical (unpaired) electrons. The van der Waals surface area contributed by atoms with Gasteiger partial charge in [0.05, 0.1) is 0 Å². The van der Waals surface area contributed by atoms with Crippen molar-refractivity contribution in [3.63, 3.8) is 0 Å². The second kappa shape index (κ2) is 2.76. The molecule has 0 aliphatic rings. The summed E-state index contributed by atoms with van der Waals surface area (Å²) < 4.78 is 2.22. The highest BCUT2D eigenvalue weighted by Gasteiger charge is 1.85. The average Bonchev–Trinajstić information content (AvgIpc) is 2.37. The summed E-state index contributed by atoms with van der Waals surface area (Å²) in [5.74, 6) is 0. The van der Waals surface area contributed by atoms with Crippen LogP contribution in [-0.2, 0) is 0 Å². The number of hydrogen-bond acceptors (Lipinski definition) is 0. The lowest BCUT2D eigenvalue weighted by molar-refractivity contribution is 1.16. The van der Waals surface area contributed by atoms with Crippen molar-refractivity contribution < 1.29 is 0 Å². The van der Waals surface area contributed by atoms with Gasteiger partial charge in [0.1, 0.15) is 0 Å². The van der Waals surface area contributed by atoms with E-state index in [0.29, 0.717) is 6.85 Å². The van der Waals surface area contributed by atoms with Crippen molar-refractivity contribution >= 4 is 6.85 Å². The molecule has 0 saturated carbocycles. The molecule has 2 heteroatoms. The van der Waals surface area contributed by atoms with Crippen LogP contribution in [0.3, 0.4) is 0 Å². The molecule has 0 amide bonds. The molecule has 9 heavy (non-hydrogen) atoms. The molecule has 0 aromatic carbocycles. The summed E-state index contributed by atoms with van der Waals surface area (Å²) in [6.45, 7) is 5.07. The number of nitrogens with zero attached hydrogens (tertiary/aromatic N) is 1. The van der Waals surface area contributed by atoms with Gasteiger partial charge in [-0.15, -0.1) is 0 Å². The molecule has 0 aliphatic carbocycles. The Balaban J connectivity index is 2.65. The fraction of sp³-hybridized carbons (Fsp3) is 0.429. The summed E-state index contributed by atoms with van der Waals surface area (Å²) in [5.41, 5.74) is 0. The molecule has 0 fully saturated rings. The van der Waals surface area contributed by atoms with Crippen molar-refractivity contribution in [1.82, 2.24) is 4.48 Å². The summed E-state index contributed by atoms with van der Waals surface area (Å²) in [6, 6.07) is 4.12. The smallest absolute Gasteiger partial charge is 0.0299 e. The second-order valence-corrected chi connectivity index (χ2v) is 2.39. The van der Waals surface area contributed by atoms with Crippen molar-refractivity contribution in [3.05, 3.63) is 24.5 Å². The Morgan fingerprint density at radius 3 is 2.33 bits per heavy atom. The zero-order valence-corrected chi connectivity index (χ0v) is 6.04. The Morgan fingerprint density at radius 2 is 1.89 bits per heavy atom. The quantitative estimate of drug-likeness (QED) is 0.527. The van der Waals surface area contributed by atoms with Gasteiger partial charge in [0.15, 0.2) is 0 Å². The highest BCUT2D eigenvalue weighted by atomic mass is 14.8. The van der Waals surface area contributed by atoms with Gasteiger partial charge in [-0.2, -0.15) is 13.1 Å². The minimum atomic E-state index is 0.653. The van der Waals surface area contributed by atoms with Crippen LogP contribution in [0.4, 0.5) is 0 Å². The summed E-state index contributed by atoms with van der Waals surface area (Å²) in [4.78, 5) is 0. The SMILES string of the molecule is CC[B-](C)n1cccc1. The molecule has 0 atom stereocenters. The fourth-order valence-electron chi connectivity index (χ4n) is 0.853. The predicted molar refractivity (Wildman–Crippen MR) is 41.9 cm³/mol. The number of hydrogen-bond donors (Lipinski definition) is 0. The zero-order chi connectivity index (χ0) is 6.69. The highest BCUT2D eigenvalue weighted by molar-refractivity contribution is 6.55. The third kappa shape index (κ3) is 1.38. The van der Waals surface area contributed by atoms with E-state index in [0.717, 1.165) is 0 Å². The van der Waals surface area contributed by atoms with Gasteiger partial charge in [-0.25, -0.2) is 0 Å². The van der Waals surface area contributed by atoms with Crippen LogP contribution in [0.5, 0.6) is 0 Å². The van der Waals surface area contributed by atoms with E-state index in [1.165, 1.54) is 6.32 Å². The summed E-state index contributed by atoms with van der Waals surface area (Å²) in [7, 11) is 0. The lowest BCUT2D eigenvalue weighted by atomic mass is 9.62. The predicted octanol–water partition coefficient (Wildman–Crippen LogP) is 1.98. The summed E-state index contributed by atoms with van der Waals surface area (Å²) in [5, 5.41) is 0. The van der Waals surface area contributed by atoms with E-state index < -0.39 is 0 Å². The van der Waals surface area contributed by atoms with Crippen LogP contribution in [0.2, 0.25) is 13.1 Å². The van der Waals surface area contributed by atoms with Gasteiger partial charge in [0, 0.05) is 0 Å². The van der Waals surface area contributed by atoms with Crippen LogP contribution < -0.4 is 0 Å². The topological polar surface area (TPSA) is 4.93 Å². The lowest BCUT2D eigenvalue weighted by Gasteiger charge is -2.21. The first-order valence-electron chi connectivity index (χ1n) is 3.47. The molecular weight excluding hydrogens is 109 g/mol. The van der Waals surface area contributed by atoms with Gasteiger partial charge < -0.3 is 4.48 Å². The maximum atomic E-state index is 2.22. The molecule has 1 aromatic heterocycles. The minimum absolute atomic E-state index is 0.653. The van der Waals surface area contributed by atoms with Crippen LogP contribution in [0.1, 0.15) is 6.92 Å². The first kappa shape index (κ1) is 6.46. The van der Waals surface area contributed by atoms with Gasteiger partial charge in [-0.05, 0) is 31.4 Å². The van der Waals surface area contributed by atoms with E-state index in [9.17, 15) is 0 Å². The van der Waals surface area contributed by atoms with Crippen molar-refractivity contribution in [2.75, 3.05) is 0 Å². The van der Waals surface area contributed by atoms with E-state index in [1.54, 1.807) is 0 Å². The van der Waals surface area contributed by atoms with Crippen LogP contribution in [0, 0.1) is 0 Å². The second-order valence-electron chi connectivity index (χ2n) is 2.39. The van der Waals surface area contributed by atoms with Gasteiger partial charge in [-0.1, -0.05) is 6.92 Å². The maximum Gasteiger partial charge on any atom is -0.0299 e. The monoisotopic (exact) mass is 121 g/mol. The highest BCUT2D eigenvalue weighted by Crippen LogP contribution is 1.96. The molecule has 1 aromatic rings. The van der Waals surface area contributed by atoms with E-state index in [-0.39, 0.29) is 0 Å². The van der Waals surface area contributed by atoms with Crippen molar-refractivity contribution in [1.29, 1.82) is 0 Å². The largest absolute Gasteiger partial charge is 0.560 e. The molecule has 1 nitrogen and oxygen atoms in total. The Kier molecular flexibility index (Phi) is 1.98. The minimum Gasteiger partial charge on any atom is -0.560 e. The Morgan fingerprint density at radius 1 is 1.33 bits per heavy atom. The molecule has 1 rings (SSSR count). The molecule has 0 bridgehead atoms. The third-order valence-corrected chi connectivity index (χ3v) is 1.73. The van der Waals surface area contributed by atoms with Crippen molar-refractivity contribution in [2.24, 2.45) is 0 Å². The molecule has 0 spiro atoms. The first-order chi connectivity index (χ1) is 4.34.